The average molecular weight is 454 g/mol. The number of benzene rings is 2. The zero-order valence-corrected chi connectivity index (χ0v) is 18.1. The normalized spacial score (nSPS) is 9.82. The van der Waals surface area contributed by atoms with Crippen LogP contribution in [0.3, 0.4) is 0 Å². The number of anilines is 3. The number of aryl methyl sites for hydroxylation is 1. The third kappa shape index (κ3) is 7.58. The molecule has 10 nitrogen and oxygen atoms in total. The van der Waals surface area contributed by atoms with Crippen LogP contribution in [0, 0.1) is 12.7 Å². The Morgan fingerprint density at radius 2 is 1.76 bits per heavy atom. The van der Waals surface area contributed by atoms with Gasteiger partial charge in [-0.2, -0.15) is 10.1 Å². The zero-order valence-electron chi connectivity index (χ0n) is 18.1. The number of aliphatic carboxylic acids is 2. The van der Waals surface area contributed by atoms with Crippen LogP contribution in [0.1, 0.15) is 19.4 Å². The highest BCUT2D eigenvalue weighted by molar-refractivity contribution is 5.96. The van der Waals surface area contributed by atoms with E-state index in [1.165, 1.54) is 6.07 Å². The van der Waals surface area contributed by atoms with E-state index in [-0.39, 0.29) is 11.8 Å². The summed E-state index contributed by atoms with van der Waals surface area (Å²) in [6, 6.07) is 10.7. The van der Waals surface area contributed by atoms with Gasteiger partial charge >= 0.3 is 0 Å². The van der Waals surface area contributed by atoms with Crippen molar-refractivity contribution in [3.05, 3.63) is 60.2 Å². The van der Waals surface area contributed by atoms with Crippen molar-refractivity contribution < 1.29 is 24.2 Å². The molecule has 2 heterocycles. The Balaban J connectivity index is 0.000000420. The Kier molecular flexibility index (Phi) is 8.38. The number of fused-ring (bicyclic) bond motifs is 1. The molecule has 0 aliphatic carbocycles. The van der Waals surface area contributed by atoms with Gasteiger partial charge in [-0.3, -0.25) is 14.7 Å². The number of nitrogens with zero attached hydrogens (tertiary/aromatic N) is 3. The fourth-order valence-corrected chi connectivity index (χ4v) is 2.76. The molecule has 0 saturated carbocycles. The number of nitrogens with one attached hydrogen (secondary N) is 2. The lowest BCUT2D eigenvalue weighted by molar-refractivity contribution is -0.135. The third-order valence-electron chi connectivity index (χ3n) is 3.96. The number of carboxylic acids is 2. The standard InChI is InChI=1S/C18H15FN6.2C2H4O2/c1-10-6-11(2-3-15(10)19)14-8-13(7-12-9-22-25-17(12)14)23-16-4-5-21-18(20)24-16;2*1-2(3)4/h2-9H,1H3,(H,22,25)(H3,20,21,23,24);2*1H3,(H,3,4). The van der Waals surface area contributed by atoms with Crippen LogP contribution in [0.15, 0.2) is 48.8 Å². The molecular weight excluding hydrogens is 431 g/mol. The second kappa shape index (κ2) is 11.2. The van der Waals surface area contributed by atoms with Crippen LogP contribution in [0.25, 0.3) is 22.0 Å². The van der Waals surface area contributed by atoms with Crippen LogP contribution in [-0.2, 0) is 9.59 Å². The van der Waals surface area contributed by atoms with E-state index in [1.54, 1.807) is 31.5 Å². The highest BCUT2D eigenvalue weighted by Crippen LogP contribution is 2.32. The molecule has 4 aromatic rings. The van der Waals surface area contributed by atoms with Crippen LogP contribution >= 0.6 is 0 Å². The van der Waals surface area contributed by atoms with Gasteiger partial charge in [0.2, 0.25) is 5.95 Å². The number of H-pyrrole nitrogens is 1. The summed E-state index contributed by atoms with van der Waals surface area (Å²) in [6.45, 7) is 3.91. The van der Waals surface area contributed by atoms with Gasteiger partial charge in [0.25, 0.3) is 11.9 Å². The second-order valence-corrected chi connectivity index (χ2v) is 6.79. The molecule has 172 valence electrons. The quantitative estimate of drug-likeness (QED) is 0.307. The van der Waals surface area contributed by atoms with E-state index < -0.39 is 11.9 Å². The van der Waals surface area contributed by atoms with Crippen LogP contribution in [0.4, 0.5) is 21.8 Å². The molecule has 11 heteroatoms. The van der Waals surface area contributed by atoms with Gasteiger partial charge in [0, 0.05) is 36.7 Å². The van der Waals surface area contributed by atoms with Crippen molar-refractivity contribution in [2.75, 3.05) is 11.1 Å². The van der Waals surface area contributed by atoms with Gasteiger partial charge in [-0.1, -0.05) is 6.07 Å². The lowest BCUT2D eigenvalue weighted by Crippen LogP contribution is -1.99. The van der Waals surface area contributed by atoms with E-state index in [0.717, 1.165) is 41.6 Å². The number of nitrogens with two attached hydrogens (primary N) is 1. The molecule has 0 bridgehead atoms. The minimum absolute atomic E-state index is 0.198. The summed E-state index contributed by atoms with van der Waals surface area (Å²) in [6.07, 6.45) is 3.33. The highest BCUT2D eigenvalue weighted by atomic mass is 19.1. The van der Waals surface area contributed by atoms with Gasteiger partial charge in [-0.25, -0.2) is 9.37 Å². The topological polar surface area (TPSA) is 167 Å². The van der Waals surface area contributed by atoms with Gasteiger partial charge in [-0.05, 0) is 48.4 Å². The molecule has 0 radical (unpaired) electrons. The molecule has 4 rings (SSSR count). The first-order valence-electron chi connectivity index (χ1n) is 9.55. The maximum atomic E-state index is 13.6. The predicted octanol–water partition coefficient (Wildman–Crippen LogP) is 3.98. The van der Waals surface area contributed by atoms with E-state index in [9.17, 15) is 4.39 Å². The molecule has 0 unspecified atom stereocenters. The number of carbonyl (C=O) groups is 2. The van der Waals surface area contributed by atoms with Crippen molar-refractivity contribution in [2.24, 2.45) is 0 Å². The van der Waals surface area contributed by atoms with Gasteiger partial charge < -0.3 is 21.3 Å². The summed E-state index contributed by atoms with van der Waals surface area (Å²) in [4.78, 5) is 26.0. The van der Waals surface area contributed by atoms with Crippen molar-refractivity contribution in [1.82, 2.24) is 20.2 Å². The largest absolute Gasteiger partial charge is 0.481 e. The van der Waals surface area contributed by atoms with Gasteiger partial charge in [-0.15, -0.1) is 0 Å². The molecule has 0 aliphatic rings. The number of aromatic amines is 1. The van der Waals surface area contributed by atoms with Gasteiger partial charge in [0.15, 0.2) is 0 Å². The molecule has 2 aromatic heterocycles. The molecule has 0 aliphatic heterocycles. The van der Waals surface area contributed by atoms with E-state index in [2.05, 4.69) is 25.5 Å². The first kappa shape index (κ1) is 24.7. The van der Waals surface area contributed by atoms with E-state index in [4.69, 9.17) is 25.5 Å². The van der Waals surface area contributed by atoms with Crippen molar-refractivity contribution in [3.63, 3.8) is 0 Å². The monoisotopic (exact) mass is 454 g/mol. The predicted molar refractivity (Wildman–Crippen MR) is 123 cm³/mol. The number of rotatable bonds is 3. The lowest BCUT2D eigenvalue weighted by atomic mass is 10.00. The summed E-state index contributed by atoms with van der Waals surface area (Å²) in [5, 5.41) is 26.1. The number of carboxylic acid groups (broad SMARTS) is 2. The summed E-state index contributed by atoms with van der Waals surface area (Å²) >= 11 is 0. The Labute approximate surface area is 188 Å². The van der Waals surface area contributed by atoms with Crippen LogP contribution in [0.2, 0.25) is 0 Å². The van der Waals surface area contributed by atoms with Crippen LogP contribution in [0.5, 0.6) is 0 Å². The molecule has 0 saturated heterocycles. The molecule has 33 heavy (non-hydrogen) atoms. The fraction of sp³-hybridized carbons (Fsp3) is 0.136. The smallest absolute Gasteiger partial charge is 0.300 e. The van der Waals surface area contributed by atoms with Gasteiger partial charge in [0.1, 0.15) is 11.6 Å². The molecule has 2 aromatic carbocycles. The van der Waals surface area contributed by atoms with Crippen molar-refractivity contribution >= 4 is 40.3 Å². The Morgan fingerprint density at radius 1 is 1.09 bits per heavy atom. The molecule has 0 fully saturated rings. The average Bonchev–Trinajstić information content (AvgIpc) is 3.17. The summed E-state index contributed by atoms with van der Waals surface area (Å²) in [5.74, 6) is -1.10. The molecule has 6 N–H and O–H groups in total. The van der Waals surface area contributed by atoms with Crippen LogP contribution < -0.4 is 11.1 Å². The Hall–Kier alpha value is -4.54. The minimum atomic E-state index is -0.833. The number of nitrogen functional groups attached to an aromatic ring is 1. The molecular formula is C22H23FN6O4. The number of hydrogen-bond acceptors (Lipinski definition) is 7. The maximum Gasteiger partial charge on any atom is 0.300 e. The molecule has 0 amide bonds. The highest BCUT2D eigenvalue weighted by Gasteiger charge is 2.10. The number of aromatic nitrogens is 4. The lowest BCUT2D eigenvalue weighted by Gasteiger charge is -2.10. The molecule has 0 spiro atoms. The number of halogens is 1. The molecule has 0 atom stereocenters. The van der Waals surface area contributed by atoms with E-state index in [1.807, 2.05) is 18.2 Å². The van der Waals surface area contributed by atoms with Crippen molar-refractivity contribution in [1.29, 1.82) is 0 Å². The SMILES string of the molecule is CC(=O)O.CC(=O)O.Cc1cc(-c2cc(Nc3ccnc(N)n3)cc3cn[nH]c23)ccc1F. The third-order valence-corrected chi connectivity index (χ3v) is 3.96. The fourth-order valence-electron chi connectivity index (χ4n) is 2.76. The van der Waals surface area contributed by atoms with Crippen LogP contribution in [-0.4, -0.2) is 42.3 Å². The second-order valence-electron chi connectivity index (χ2n) is 6.79. The Bertz CT molecular complexity index is 1250. The summed E-state index contributed by atoms with van der Waals surface area (Å²) < 4.78 is 13.6. The van der Waals surface area contributed by atoms with Crippen molar-refractivity contribution in [2.45, 2.75) is 20.8 Å². The summed E-state index contributed by atoms with van der Waals surface area (Å²) in [7, 11) is 0. The Morgan fingerprint density at radius 3 is 2.36 bits per heavy atom. The van der Waals surface area contributed by atoms with E-state index in [0.29, 0.717) is 11.4 Å². The first-order valence-corrected chi connectivity index (χ1v) is 9.55. The maximum absolute atomic E-state index is 13.6. The number of hydrogen-bond donors (Lipinski definition) is 5. The minimum Gasteiger partial charge on any atom is -0.481 e. The summed E-state index contributed by atoms with van der Waals surface area (Å²) in [5.41, 5.74) is 9.75. The van der Waals surface area contributed by atoms with Crippen molar-refractivity contribution in [3.8, 4) is 11.1 Å². The first-order chi connectivity index (χ1) is 15.6. The van der Waals surface area contributed by atoms with E-state index >= 15 is 0 Å². The van der Waals surface area contributed by atoms with Gasteiger partial charge in [0.05, 0.1) is 11.7 Å². The zero-order chi connectivity index (χ0) is 24.5.